The van der Waals surface area contributed by atoms with E-state index in [0.717, 1.165) is 24.0 Å². The number of hydrogen-bond acceptors (Lipinski definition) is 4. The normalized spacial score (nSPS) is 16.1. The van der Waals surface area contributed by atoms with Crippen LogP contribution in [0.25, 0.3) is 0 Å². The number of nitrogens with one attached hydrogen (secondary N) is 2. The Hall–Kier alpha value is -3.15. The van der Waals surface area contributed by atoms with Gasteiger partial charge in [-0.25, -0.2) is 4.79 Å². The largest absolute Gasteiger partial charge is 0.444 e. The van der Waals surface area contributed by atoms with Gasteiger partial charge in [0.15, 0.2) is 5.78 Å². The van der Waals surface area contributed by atoms with Gasteiger partial charge in [0.2, 0.25) is 5.91 Å². The van der Waals surface area contributed by atoms with Gasteiger partial charge in [-0.1, -0.05) is 39.8 Å². The van der Waals surface area contributed by atoms with E-state index in [2.05, 4.69) is 44.4 Å². The molecule has 1 aliphatic rings. The van der Waals surface area contributed by atoms with Crippen LogP contribution in [0, 0.1) is 0 Å². The Morgan fingerprint density at radius 2 is 1.49 bits per heavy atom. The molecule has 0 bridgehead atoms. The monoisotopic (exact) mass is 478 g/mol. The molecule has 0 heterocycles. The van der Waals surface area contributed by atoms with Crippen LogP contribution in [0.5, 0.6) is 0 Å². The summed E-state index contributed by atoms with van der Waals surface area (Å²) in [6, 6.07) is 10.8. The van der Waals surface area contributed by atoms with Crippen LogP contribution < -0.4 is 10.6 Å². The van der Waals surface area contributed by atoms with Crippen molar-refractivity contribution in [2.24, 2.45) is 0 Å². The molecule has 35 heavy (non-hydrogen) atoms. The summed E-state index contributed by atoms with van der Waals surface area (Å²) in [7, 11) is 0. The smallest absolute Gasteiger partial charge is 0.412 e. The number of amides is 2. The topological polar surface area (TPSA) is 84.5 Å². The predicted molar refractivity (Wildman–Crippen MR) is 140 cm³/mol. The number of fused-ring (bicyclic) bond motifs is 1. The predicted octanol–water partition coefficient (Wildman–Crippen LogP) is 6.77. The molecule has 0 saturated carbocycles. The standard InChI is InChI=1S/C29H38N2O4/c1-18(32)19-9-12-21(13-10-19)30-23(33)17-20-11-14-22-24(29(7,8)16-15-28(22,5)6)25(20)31-26(34)35-27(2,3)4/h9-14H,15-17H2,1-8H3,(H,30,33)(H,31,34). The highest BCUT2D eigenvalue weighted by Crippen LogP contribution is 2.49. The van der Waals surface area contributed by atoms with Crippen LogP contribution in [-0.4, -0.2) is 23.4 Å². The molecule has 6 heteroatoms. The number of ether oxygens (including phenoxy) is 1. The zero-order valence-electron chi connectivity index (χ0n) is 22.2. The summed E-state index contributed by atoms with van der Waals surface area (Å²) in [5.41, 5.74) is 3.98. The van der Waals surface area contributed by atoms with Crippen molar-refractivity contribution in [3.63, 3.8) is 0 Å². The molecule has 6 nitrogen and oxygen atoms in total. The summed E-state index contributed by atoms with van der Waals surface area (Å²) >= 11 is 0. The molecule has 0 radical (unpaired) electrons. The first-order valence-electron chi connectivity index (χ1n) is 12.2. The minimum atomic E-state index is -0.642. The molecule has 1 aliphatic carbocycles. The third-order valence-electron chi connectivity index (χ3n) is 6.62. The van der Waals surface area contributed by atoms with E-state index < -0.39 is 11.7 Å². The van der Waals surface area contributed by atoms with Crippen molar-refractivity contribution in [1.29, 1.82) is 0 Å². The first-order chi connectivity index (χ1) is 16.1. The number of rotatable bonds is 5. The molecule has 188 valence electrons. The number of carbonyl (C=O) groups excluding carboxylic acids is 3. The highest BCUT2D eigenvalue weighted by Gasteiger charge is 2.40. The van der Waals surface area contributed by atoms with Gasteiger partial charge in [-0.2, -0.15) is 0 Å². The van der Waals surface area contributed by atoms with Crippen molar-refractivity contribution in [2.45, 2.75) is 91.1 Å². The third-order valence-corrected chi connectivity index (χ3v) is 6.62. The summed E-state index contributed by atoms with van der Waals surface area (Å²) in [5, 5.41) is 5.90. The van der Waals surface area contributed by atoms with E-state index in [9.17, 15) is 14.4 Å². The molecule has 3 rings (SSSR count). The van der Waals surface area contributed by atoms with Crippen molar-refractivity contribution >= 4 is 29.2 Å². The maximum Gasteiger partial charge on any atom is 0.412 e. The molecule has 0 saturated heterocycles. The van der Waals surface area contributed by atoms with Crippen LogP contribution in [0.1, 0.15) is 95.3 Å². The first-order valence-corrected chi connectivity index (χ1v) is 12.2. The highest BCUT2D eigenvalue weighted by molar-refractivity contribution is 5.97. The maximum atomic E-state index is 13.0. The number of benzene rings is 2. The number of ketones is 1. The van der Waals surface area contributed by atoms with Gasteiger partial charge in [0.05, 0.1) is 12.1 Å². The van der Waals surface area contributed by atoms with Crippen molar-refractivity contribution < 1.29 is 19.1 Å². The Bertz CT molecular complexity index is 1140. The fraction of sp³-hybridized carbons (Fsp3) is 0.483. The average Bonchev–Trinajstić information content (AvgIpc) is 2.71. The van der Waals surface area contributed by atoms with Gasteiger partial charge in [-0.3, -0.25) is 14.9 Å². The van der Waals surface area contributed by atoms with Gasteiger partial charge in [0.25, 0.3) is 0 Å². The Morgan fingerprint density at radius 3 is 2.06 bits per heavy atom. The fourth-order valence-corrected chi connectivity index (χ4v) is 4.66. The molecule has 0 aromatic heterocycles. The van der Waals surface area contributed by atoms with Crippen LogP contribution in [0.4, 0.5) is 16.2 Å². The lowest BCUT2D eigenvalue weighted by Gasteiger charge is -2.43. The minimum Gasteiger partial charge on any atom is -0.444 e. The summed E-state index contributed by atoms with van der Waals surface area (Å²) in [6.07, 6.45) is 1.55. The molecule has 2 aromatic rings. The van der Waals surface area contributed by atoms with Gasteiger partial charge in [0, 0.05) is 11.3 Å². The van der Waals surface area contributed by atoms with E-state index in [1.54, 1.807) is 24.3 Å². The molecular formula is C29H38N2O4. The molecule has 2 aromatic carbocycles. The number of anilines is 2. The van der Waals surface area contributed by atoms with Crippen molar-refractivity contribution in [3.05, 3.63) is 58.7 Å². The van der Waals surface area contributed by atoms with Gasteiger partial charge >= 0.3 is 6.09 Å². The van der Waals surface area contributed by atoms with Crippen LogP contribution in [0.3, 0.4) is 0 Å². The molecule has 2 N–H and O–H groups in total. The molecule has 2 amide bonds. The Balaban J connectivity index is 1.97. The number of carbonyl (C=O) groups is 3. The zero-order chi connectivity index (χ0) is 26.2. The molecule has 0 spiro atoms. The highest BCUT2D eigenvalue weighted by atomic mass is 16.6. The lowest BCUT2D eigenvalue weighted by Crippen LogP contribution is -2.36. The van der Waals surface area contributed by atoms with Crippen LogP contribution in [0.2, 0.25) is 0 Å². The van der Waals surface area contributed by atoms with Crippen molar-refractivity contribution in [2.75, 3.05) is 10.6 Å². The lowest BCUT2D eigenvalue weighted by molar-refractivity contribution is -0.115. The molecular weight excluding hydrogens is 440 g/mol. The fourth-order valence-electron chi connectivity index (χ4n) is 4.66. The summed E-state index contributed by atoms with van der Waals surface area (Å²) in [6.45, 7) is 15.8. The second kappa shape index (κ2) is 9.48. The minimum absolute atomic E-state index is 0.0275. The second-order valence-electron chi connectivity index (χ2n) is 11.8. The SMILES string of the molecule is CC(=O)c1ccc(NC(=O)Cc2ccc3c(c2NC(=O)OC(C)(C)C)C(C)(C)CCC3(C)C)cc1. The Kier molecular flexibility index (Phi) is 7.16. The van der Waals surface area contributed by atoms with Gasteiger partial charge in [-0.05, 0) is 92.3 Å². The van der Waals surface area contributed by atoms with E-state index in [1.807, 2.05) is 26.8 Å². The quantitative estimate of drug-likeness (QED) is 0.465. The summed E-state index contributed by atoms with van der Waals surface area (Å²) in [5.74, 6) is -0.235. The lowest BCUT2D eigenvalue weighted by atomic mass is 9.62. The number of Topliss-reactive ketones (excluding diaryl/α,β-unsaturated/α-hetero) is 1. The van der Waals surface area contributed by atoms with E-state index in [4.69, 9.17) is 4.74 Å². The van der Waals surface area contributed by atoms with Crippen LogP contribution in [0.15, 0.2) is 36.4 Å². The van der Waals surface area contributed by atoms with Gasteiger partial charge in [-0.15, -0.1) is 0 Å². The summed E-state index contributed by atoms with van der Waals surface area (Å²) in [4.78, 5) is 37.4. The third kappa shape index (κ3) is 6.30. The number of hydrogen-bond donors (Lipinski definition) is 2. The molecule has 0 fully saturated rings. The average molecular weight is 479 g/mol. The summed E-state index contributed by atoms with van der Waals surface area (Å²) < 4.78 is 5.56. The van der Waals surface area contributed by atoms with Crippen molar-refractivity contribution in [1.82, 2.24) is 0 Å². The van der Waals surface area contributed by atoms with Gasteiger partial charge in [0.1, 0.15) is 5.60 Å². The van der Waals surface area contributed by atoms with E-state index in [1.165, 1.54) is 12.5 Å². The Morgan fingerprint density at radius 1 is 0.886 bits per heavy atom. The van der Waals surface area contributed by atoms with Crippen molar-refractivity contribution in [3.8, 4) is 0 Å². The zero-order valence-corrected chi connectivity index (χ0v) is 22.2. The Labute approximate surface area is 208 Å². The molecule has 0 unspecified atom stereocenters. The molecule has 0 atom stereocenters. The maximum absolute atomic E-state index is 13.0. The van der Waals surface area contributed by atoms with Crippen LogP contribution >= 0.6 is 0 Å². The second-order valence-corrected chi connectivity index (χ2v) is 11.8. The van der Waals surface area contributed by atoms with E-state index in [0.29, 0.717) is 16.9 Å². The first kappa shape index (κ1) is 26.5. The van der Waals surface area contributed by atoms with E-state index >= 15 is 0 Å². The van der Waals surface area contributed by atoms with Crippen LogP contribution in [-0.2, 0) is 26.8 Å². The molecule has 0 aliphatic heterocycles. The van der Waals surface area contributed by atoms with Gasteiger partial charge < -0.3 is 10.1 Å². The van der Waals surface area contributed by atoms with E-state index in [-0.39, 0.29) is 28.9 Å².